The molecule has 4 nitrogen and oxygen atoms in total. The van der Waals surface area contributed by atoms with E-state index in [1.807, 2.05) is 6.92 Å². The number of hydrogen-bond acceptors (Lipinski definition) is 4. The Kier molecular flexibility index (Phi) is 3.71. The molecule has 0 bridgehead atoms. The van der Waals surface area contributed by atoms with E-state index in [-0.39, 0.29) is 24.6 Å². The van der Waals surface area contributed by atoms with Crippen molar-refractivity contribution in [2.24, 2.45) is 5.92 Å². The minimum Gasteiger partial charge on any atom is -0.450 e. The minimum absolute atomic E-state index is 0.0834. The molecule has 0 aliphatic carbocycles. The summed E-state index contributed by atoms with van der Waals surface area (Å²) in [4.78, 5) is 11.3. The van der Waals surface area contributed by atoms with Crippen LogP contribution in [-0.2, 0) is 14.3 Å². The standard InChI is InChI=1S/C9H13NO3/c1-7-8(3-2-5-12-7)9(11)13-6-4-10/h7-8H,2-3,5-6H2,1H3. The molecule has 0 spiro atoms. The maximum Gasteiger partial charge on any atom is 0.312 e. The molecule has 1 fully saturated rings. The van der Waals surface area contributed by atoms with Gasteiger partial charge in [0, 0.05) is 6.61 Å². The predicted octanol–water partition coefficient (Wildman–Crippen LogP) is 0.868. The predicted molar refractivity (Wildman–Crippen MR) is 44.7 cm³/mol. The highest BCUT2D eigenvalue weighted by molar-refractivity contribution is 5.73. The van der Waals surface area contributed by atoms with Crippen LogP contribution in [0.2, 0.25) is 0 Å². The summed E-state index contributed by atoms with van der Waals surface area (Å²) in [6.07, 6.45) is 1.60. The summed E-state index contributed by atoms with van der Waals surface area (Å²) < 4.78 is 10.0. The zero-order chi connectivity index (χ0) is 9.68. The third-order valence-electron chi connectivity index (χ3n) is 2.19. The fourth-order valence-electron chi connectivity index (χ4n) is 1.44. The van der Waals surface area contributed by atoms with E-state index in [4.69, 9.17) is 14.7 Å². The van der Waals surface area contributed by atoms with Gasteiger partial charge in [0.2, 0.25) is 0 Å². The van der Waals surface area contributed by atoms with Crippen LogP contribution in [0, 0.1) is 17.2 Å². The molecule has 0 aromatic heterocycles. The number of carbonyl (C=O) groups excluding carboxylic acids is 1. The Morgan fingerprint density at radius 3 is 3.15 bits per heavy atom. The fourth-order valence-corrected chi connectivity index (χ4v) is 1.44. The summed E-state index contributed by atoms with van der Waals surface area (Å²) in [6.45, 7) is 2.41. The van der Waals surface area contributed by atoms with Crippen molar-refractivity contribution in [2.45, 2.75) is 25.9 Å². The fraction of sp³-hybridized carbons (Fsp3) is 0.778. The van der Waals surface area contributed by atoms with Crippen molar-refractivity contribution in [2.75, 3.05) is 13.2 Å². The molecule has 1 rings (SSSR count). The SMILES string of the molecule is CC1OCCCC1C(=O)OCC#N. The molecule has 2 unspecified atom stereocenters. The molecule has 1 aliphatic heterocycles. The second-order valence-electron chi connectivity index (χ2n) is 3.09. The quantitative estimate of drug-likeness (QED) is 0.596. The van der Waals surface area contributed by atoms with Crippen molar-refractivity contribution >= 4 is 5.97 Å². The highest BCUT2D eigenvalue weighted by Crippen LogP contribution is 2.21. The summed E-state index contributed by atoms with van der Waals surface area (Å²) >= 11 is 0. The molecule has 1 aliphatic rings. The molecule has 2 atom stereocenters. The second kappa shape index (κ2) is 4.83. The third-order valence-corrected chi connectivity index (χ3v) is 2.19. The average molecular weight is 183 g/mol. The number of hydrogen-bond donors (Lipinski definition) is 0. The minimum atomic E-state index is -0.311. The highest BCUT2D eigenvalue weighted by Gasteiger charge is 2.29. The van der Waals surface area contributed by atoms with Gasteiger partial charge in [0.15, 0.2) is 6.61 Å². The Balaban J connectivity index is 2.40. The van der Waals surface area contributed by atoms with E-state index in [9.17, 15) is 4.79 Å². The number of carbonyl (C=O) groups is 1. The topological polar surface area (TPSA) is 59.3 Å². The van der Waals surface area contributed by atoms with Crippen LogP contribution in [0.3, 0.4) is 0 Å². The lowest BCUT2D eigenvalue weighted by atomic mass is 9.96. The van der Waals surface area contributed by atoms with E-state index in [0.29, 0.717) is 6.61 Å². The lowest BCUT2D eigenvalue weighted by molar-refractivity contribution is -0.155. The van der Waals surface area contributed by atoms with Crippen LogP contribution in [0.5, 0.6) is 0 Å². The molecule has 1 heterocycles. The van der Waals surface area contributed by atoms with Crippen molar-refractivity contribution in [3.63, 3.8) is 0 Å². The summed E-state index contributed by atoms with van der Waals surface area (Å²) in [7, 11) is 0. The Hall–Kier alpha value is -1.08. The van der Waals surface area contributed by atoms with Gasteiger partial charge >= 0.3 is 5.97 Å². The number of ether oxygens (including phenoxy) is 2. The first-order chi connectivity index (χ1) is 6.25. The van der Waals surface area contributed by atoms with E-state index in [1.165, 1.54) is 0 Å². The Bertz CT molecular complexity index is 221. The molecule has 0 amide bonds. The Morgan fingerprint density at radius 1 is 1.77 bits per heavy atom. The number of esters is 1. The van der Waals surface area contributed by atoms with E-state index < -0.39 is 0 Å². The van der Waals surface area contributed by atoms with Gasteiger partial charge in [-0.3, -0.25) is 4.79 Å². The van der Waals surface area contributed by atoms with Gasteiger partial charge in [0.25, 0.3) is 0 Å². The largest absolute Gasteiger partial charge is 0.450 e. The van der Waals surface area contributed by atoms with Crippen molar-refractivity contribution in [1.82, 2.24) is 0 Å². The maximum absolute atomic E-state index is 11.3. The first-order valence-electron chi connectivity index (χ1n) is 4.41. The van der Waals surface area contributed by atoms with Gasteiger partial charge in [-0.05, 0) is 19.8 Å². The van der Waals surface area contributed by atoms with Gasteiger partial charge in [-0.15, -0.1) is 0 Å². The van der Waals surface area contributed by atoms with Crippen LogP contribution >= 0.6 is 0 Å². The van der Waals surface area contributed by atoms with E-state index >= 15 is 0 Å². The summed E-state index contributed by atoms with van der Waals surface area (Å²) in [5, 5.41) is 8.22. The smallest absolute Gasteiger partial charge is 0.312 e. The summed E-state index contributed by atoms with van der Waals surface area (Å²) in [6, 6.07) is 1.77. The van der Waals surface area contributed by atoms with Crippen molar-refractivity contribution in [1.29, 1.82) is 5.26 Å². The molecule has 0 aromatic rings. The summed E-state index contributed by atoms with van der Waals surface area (Å²) in [5.41, 5.74) is 0. The first-order valence-corrected chi connectivity index (χ1v) is 4.41. The molecule has 0 N–H and O–H groups in total. The number of rotatable bonds is 2. The molecule has 1 saturated heterocycles. The molecule has 0 radical (unpaired) electrons. The van der Waals surface area contributed by atoms with E-state index in [2.05, 4.69) is 0 Å². The van der Waals surface area contributed by atoms with Crippen LogP contribution in [0.15, 0.2) is 0 Å². The number of nitriles is 1. The van der Waals surface area contributed by atoms with E-state index in [1.54, 1.807) is 6.07 Å². The third kappa shape index (κ3) is 2.71. The van der Waals surface area contributed by atoms with Gasteiger partial charge in [-0.2, -0.15) is 5.26 Å². The lowest BCUT2D eigenvalue weighted by Gasteiger charge is -2.26. The van der Waals surface area contributed by atoms with Crippen LogP contribution in [-0.4, -0.2) is 25.3 Å². The number of nitrogens with zero attached hydrogens (tertiary/aromatic N) is 1. The molecule has 0 saturated carbocycles. The van der Waals surface area contributed by atoms with Crippen LogP contribution in [0.1, 0.15) is 19.8 Å². The van der Waals surface area contributed by atoms with Gasteiger partial charge in [0.1, 0.15) is 6.07 Å². The average Bonchev–Trinajstić information content (AvgIpc) is 2.15. The van der Waals surface area contributed by atoms with Crippen molar-refractivity contribution in [3.05, 3.63) is 0 Å². The highest BCUT2D eigenvalue weighted by atomic mass is 16.5. The van der Waals surface area contributed by atoms with Crippen LogP contribution in [0.25, 0.3) is 0 Å². The lowest BCUT2D eigenvalue weighted by Crippen LogP contribution is -2.34. The van der Waals surface area contributed by atoms with E-state index in [0.717, 1.165) is 12.8 Å². The molecule has 4 heteroatoms. The molecular formula is C9H13NO3. The molecular weight excluding hydrogens is 170 g/mol. The van der Waals surface area contributed by atoms with Gasteiger partial charge in [0.05, 0.1) is 12.0 Å². The molecule has 72 valence electrons. The second-order valence-corrected chi connectivity index (χ2v) is 3.09. The van der Waals surface area contributed by atoms with Gasteiger partial charge in [-0.25, -0.2) is 0 Å². The Labute approximate surface area is 77.4 Å². The monoisotopic (exact) mass is 183 g/mol. The first kappa shape index (κ1) is 10.0. The van der Waals surface area contributed by atoms with Crippen molar-refractivity contribution < 1.29 is 14.3 Å². The summed E-state index contributed by atoms with van der Waals surface area (Å²) in [5.74, 6) is -0.504. The van der Waals surface area contributed by atoms with Crippen molar-refractivity contribution in [3.8, 4) is 6.07 Å². The zero-order valence-corrected chi connectivity index (χ0v) is 7.66. The van der Waals surface area contributed by atoms with Gasteiger partial charge < -0.3 is 9.47 Å². The maximum atomic E-state index is 11.3. The van der Waals surface area contributed by atoms with Gasteiger partial charge in [-0.1, -0.05) is 0 Å². The normalized spacial score (nSPS) is 27.7. The molecule has 0 aromatic carbocycles. The van der Waals surface area contributed by atoms with Crippen LogP contribution in [0.4, 0.5) is 0 Å². The zero-order valence-electron chi connectivity index (χ0n) is 7.66. The Morgan fingerprint density at radius 2 is 2.54 bits per heavy atom. The molecule has 13 heavy (non-hydrogen) atoms. The van der Waals surface area contributed by atoms with Crippen LogP contribution < -0.4 is 0 Å².